The highest BCUT2D eigenvalue weighted by atomic mass is 15.0. The Hall–Kier alpha value is -0.0400. The Morgan fingerprint density at radius 2 is 2.25 bits per heavy atom. The van der Waals surface area contributed by atoms with Crippen molar-refractivity contribution in [2.45, 2.75) is 38.1 Å². The molecule has 1 saturated carbocycles. The number of hydrogen-bond acceptors (Lipinski definition) is 1. The average molecular weight is 110 g/mol. The lowest BCUT2D eigenvalue weighted by Gasteiger charge is -2.33. The number of rotatable bonds is 0. The van der Waals surface area contributed by atoms with Crippen molar-refractivity contribution >= 4 is 0 Å². The van der Waals surface area contributed by atoms with Crippen LogP contribution >= 0.6 is 0 Å². The van der Waals surface area contributed by atoms with E-state index in [2.05, 4.69) is 5.32 Å². The van der Waals surface area contributed by atoms with Crippen LogP contribution in [-0.2, 0) is 0 Å². The quantitative estimate of drug-likeness (QED) is 0.497. The fourth-order valence-corrected chi connectivity index (χ4v) is 1.64. The molecule has 0 spiro atoms. The molecule has 45 valence electrons. The molecule has 1 unspecified atom stereocenters. The molecule has 1 N–H and O–H groups in total. The van der Waals surface area contributed by atoms with Crippen molar-refractivity contribution in [1.29, 1.82) is 0 Å². The van der Waals surface area contributed by atoms with Gasteiger partial charge in [-0.2, -0.15) is 0 Å². The maximum Gasteiger partial charge on any atom is 0.0381 e. The van der Waals surface area contributed by atoms with Crippen molar-refractivity contribution in [3.63, 3.8) is 0 Å². The summed E-state index contributed by atoms with van der Waals surface area (Å²) in [5.74, 6) is 0. The predicted octanol–water partition coefficient (Wildman–Crippen LogP) is 1.45. The third-order valence-corrected chi connectivity index (χ3v) is 2.18. The molecule has 2 heterocycles. The van der Waals surface area contributed by atoms with E-state index in [-0.39, 0.29) is 0 Å². The minimum atomic E-state index is 0.882. The molecule has 1 heteroatoms. The lowest BCUT2D eigenvalue weighted by molar-refractivity contribution is 0.364. The Labute approximate surface area is 50.5 Å². The summed E-state index contributed by atoms with van der Waals surface area (Å²) < 4.78 is 0. The lowest BCUT2D eigenvalue weighted by Crippen LogP contribution is -2.44. The normalized spacial score (nSPS) is 38.2. The molecule has 0 aromatic carbocycles. The van der Waals surface area contributed by atoms with Gasteiger partial charge in [0.15, 0.2) is 0 Å². The average Bonchev–Trinajstić information content (AvgIpc) is 1.89. The first-order chi connectivity index (χ1) is 3.95. The van der Waals surface area contributed by atoms with E-state index in [4.69, 9.17) is 0 Å². The van der Waals surface area contributed by atoms with Crippen LogP contribution < -0.4 is 5.32 Å². The third-order valence-electron chi connectivity index (χ3n) is 2.18. The molecule has 2 aliphatic heterocycles. The molecule has 1 radical (unpaired) electrons. The summed E-state index contributed by atoms with van der Waals surface area (Å²) in [7, 11) is 0. The van der Waals surface area contributed by atoms with Crippen LogP contribution in [0.4, 0.5) is 0 Å². The van der Waals surface area contributed by atoms with Crippen molar-refractivity contribution in [1.82, 2.24) is 5.32 Å². The number of hydrogen-bond donors (Lipinski definition) is 1. The molecule has 8 heavy (non-hydrogen) atoms. The van der Waals surface area contributed by atoms with Gasteiger partial charge < -0.3 is 5.32 Å². The van der Waals surface area contributed by atoms with Gasteiger partial charge >= 0.3 is 0 Å². The summed E-state index contributed by atoms with van der Waals surface area (Å²) in [5.41, 5.74) is 0. The lowest BCUT2D eigenvalue weighted by atomic mass is 9.96. The summed E-state index contributed by atoms with van der Waals surface area (Å²) in [4.78, 5) is 0. The summed E-state index contributed by atoms with van der Waals surface area (Å²) in [6, 6.07) is 2.50. The largest absolute Gasteiger partial charge is 0.307 e. The molecule has 2 saturated heterocycles. The van der Waals surface area contributed by atoms with Gasteiger partial charge in [-0.3, -0.25) is 0 Å². The third kappa shape index (κ3) is 0.655. The van der Waals surface area contributed by atoms with Crippen LogP contribution in [0.1, 0.15) is 32.1 Å². The van der Waals surface area contributed by atoms with Gasteiger partial charge in [-0.1, -0.05) is 12.8 Å². The smallest absolute Gasteiger partial charge is 0.0381 e. The minimum Gasteiger partial charge on any atom is -0.307 e. The SMILES string of the molecule is C1CCC2C[C](C1)N2. The first kappa shape index (κ1) is 4.80. The summed E-state index contributed by atoms with van der Waals surface area (Å²) >= 11 is 0. The first-order valence-corrected chi connectivity index (χ1v) is 3.56. The van der Waals surface area contributed by atoms with Gasteiger partial charge in [0, 0.05) is 12.1 Å². The fourth-order valence-electron chi connectivity index (χ4n) is 1.64. The molecule has 3 fully saturated rings. The van der Waals surface area contributed by atoms with Gasteiger partial charge in [-0.15, -0.1) is 0 Å². The van der Waals surface area contributed by atoms with Gasteiger partial charge in [0.05, 0.1) is 0 Å². The van der Waals surface area contributed by atoms with E-state index in [0.717, 1.165) is 6.04 Å². The highest BCUT2D eigenvalue weighted by Gasteiger charge is 2.30. The monoisotopic (exact) mass is 110 g/mol. The molecule has 1 nitrogen and oxygen atoms in total. The Morgan fingerprint density at radius 3 is 3.12 bits per heavy atom. The molecule has 0 amide bonds. The predicted molar refractivity (Wildman–Crippen MR) is 33.3 cm³/mol. The van der Waals surface area contributed by atoms with Crippen LogP contribution in [0.2, 0.25) is 0 Å². The summed E-state index contributed by atoms with van der Waals surface area (Å²) in [6.45, 7) is 0. The highest BCUT2D eigenvalue weighted by molar-refractivity contribution is 5.05. The topological polar surface area (TPSA) is 12.0 Å². The second-order valence-electron chi connectivity index (χ2n) is 2.89. The Bertz CT molecular complexity index is 68.9. The molecule has 2 bridgehead atoms. The molecule has 0 aromatic rings. The van der Waals surface area contributed by atoms with Crippen molar-refractivity contribution in [2.75, 3.05) is 0 Å². The Kier molecular flexibility index (Phi) is 1.04. The van der Waals surface area contributed by atoms with Crippen LogP contribution in [0.25, 0.3) is 0 Å². The second-order valence-corrected chi connectivity index (χ2v) is 2.89. The molecule has 3 rings (SSSR count). The molecule has 1 atom stereocenters. The van der Waals surface area contributed by atoms with Gasteiger partial charge in [-0.05, 0) is 19.3 Å². The van der Waals surface area contributed by atoms with E-state index in [1.807, 2.05) is 0 Å². The van der Waals surface area contributed by atoms with Gasteiger partial charge in [0.1, 0.15) is 0 Å². The maximum atomic E-state index is 3.46. The van der Waals surface area contributed by atoms with Crippen molar-refractivity contribution in [2.24, 2.45) is 0 Å². The van der Waals surface area contributed by atoms with Crippen LogP contribution in [-0.4, -0.2) is 6.04 Å². The van der Waals surface area contributed by atoms with Crippen molar-refractivity contribution < 1.29 is 0 Å². The fraction of sp³-hybridized carbons (Fsp3) is 0.857. The molecule has 0 aromatic heterocycles. The standard InChI is InChI=1S/C7H12N/c1-2-4-7-5-6(3-1)8-7/h6,8H,1-5H2. The van der Waals surface area contributed by atoms with E-state index in [1.54, 1.807) is 6.04 Å². The van der Waals surface area contributed by atoms with Crippen LogP contribution in [0, 0.1) is 6.04 Å². The van der Waals surface area contributed by atoms with Crippen LogP contribution in [0.15, 0.2) is 0 Å². The van der Waals surface area contributed by atoms with Crippen molar-refractivity contribution in [3.05, 3.63) is 6.04 Å². The zero-order valence-corrected chi connectivity index (χ0v) is 5.11. The summed E-state index contributed by atoms with van der Waals surface area (Å²) in [5, 5.41) is 3.46. The van der Waals surface area contributed by atoms with Crippen LogP contribution in [0.5, 0.6) is 0 Å². The van der Waals surface area contributed by atoms with E-state index in [9.17, 15) is 0 Å². The molecular weight excluding hydrogens is 98.1 g/mol. The van der Waals surface area contributed by atoms with E-state index in [1.165, 1.54) is 32.1 Å². The Balaban J connectivity index is 1.95. The zero-order chi connectivity index (χ0) is 5.40. The highest BCUT2D eigenvalue weighted by Crippen LogP contribution is 2.31. The second kappa shape index (κ2) is 1.73. The van der Waals surface area contributed by atoms with Gasteiger partial charge in [0.2, 0.25) is 0 Å². The number of nitrogens with one attached hydrogen (secondary N) is 1. The molecule has 3 aliphatic rings. The number of fused-ring (bicyclic) bond motifs is 3. The van der Waals surface area contributed by atoms with E-state index >= 15 is 0 Å². The molecule has 1 aliphatic carbocycles. The first-order valence-electron chi connectivity index (χ1n) is 3.56. The van der Waals surface area contributed by atoms with Crippen molar-refractivity contribution in [3.8, 4) is 0 Å². The van der Waals surface area contributed by atoms with Crippen LogP contribution in [0.3, 0.4) is 0 Å². The van der Waals surface area contributed by atoms with E-state index < -0.39 is 0 Å². The van der Waals surface area contributed by atoms with E-state index in [0.29, 0.717) is 0 Å². The minimum absolute atomic E-state index is 0.882. The van der Waals surface area contributed by atoms with Gasteiger partial charge in [-0.25, -0.2) is 0 Å². The summed E-state index contributed by atoms with van der Waals surface area (Å²) in [6.07, 6.45) is 7.04. The zero-order valence-electron chi connectivity index (χ0n) is 5.11. The maximum absolute atomic E-state index is 3.46. The van der Waals surface area contributed by atoms with Gasteiger partial charge in [0.25, 0.3) is 0 Å². The Morgan fingerprint density at radius 1 is 1.38 bits per heavy atom. The molecular formula is C7H12N.